The van der Waals surface area contributed by atoms with Crippen LogP contribution in [0.4, 0.5) is 0 Å². The van der Waals surface area contributed by atoms with E-state index in [4.69, 9.17) is 10.8 Å². The Kier molecular flexibility index (Phi) is 2.65. The summed E-state index contributed by atoms with van der Waals surface area (Å²) >= 11 is 0. The standard InChI is InChI=1S/C9H14N2O/c1-6(2)9(10)8-5-7(12)3-4-11-8/h3-6,9H,10H2,1-2H3,(H,11,12)/t9-/m0/s1. The van der Waals surface area contributed by atoms with Crippen LogP contribution in [0.3, 0.4) is 0 Å². The Balaban J connectivity index is 2.88. The van der Waals surface area contributed by atoms with Crippen molar-refractivity contribution in [1.29, 1.82) is 0 Å². The first kappa shape index (κ1) is 9.00. The minimum atomic E-state index is -0.0999. The van der Waals surface area contributed by atoms with E-state index in [1.165, 1.54) is 6.07 Å². The third kappa shape index (κ3) is 1.95. The lowest BCUT2D eigenvalue weighted by Gasteiger charge is -2.14. The van der Waals surface area contributed by atoms with Crippen LogP contribution in [-0.4, -0.2) is 10.1 Å². The fraction of sp³-hybridized carbons (Fsp3) is 0.444. The zero-order valence-corrected chi connectivity index (χ0v) is 7.36. The zero-order chi connectivity index (χ0) is 9.14. The number of aromatic nitrogens is 1. The molecule has 3 N–H and O–H groups in total. The molecule has 0 aliphatic heterocycles. The number of nitrogens with two attached hydrogens (primary N) is 1. The van der Waals surface area contributed by atoms with Gasteiger partial charge in [-0.1, -0.05) is 13.8 Å². The molecule has 0 spiro atoms. The second-order valence-electron chi connectivity index (χ2n) is 3.21. The summed E-state index contributed by atoms with van der Waals surface area (Å²) in [5, 5.41) is 9.15. The van der Waals surface area contributed by atoms with Gasteiger partial charge in [0.1, 0.15) is 5.75 Å². The normalized spacial score (nSPS) is 13.3. The van der Waals surface area contributed by atoms with Gasteiger partial charge in [0.05, 0.1) is 5.69 Å². The molecule has 12 heavy (non-hydrogen) atoms. The van der Waals surface area contributed by atoms with Gasteiger partial charge in [0.15, 0.2) is 0 Å². The lowest BCUT2D eigenvalue weighted by Crippen LogP contribution is -2.17. The highest BCUT2D eigenvalue weighted by molar-refractivity contribution is 5.22. The summed E-state index contributed by atoms with van der Waals surface area (Å²) in [7, 11) is 0. The zero-order valence-electron chi connectivity index (χ0n) is 7.36. The molecule has 0 fully saturated rings. The van der Waals surface area contributed by atoms with Crippen LogP contribution in [0.5, 0.6) is 5.75 Å². The minimum absolute atomic E-state index is 0.0999. The first-order valence-electron chi connectivity index (χ1n) is 4.01. The summed E-state index contributed by atoms with van der Waals surface area (Å²) in [6.45, 7) is 4.05. The smallest absolute Gasteiger partial charge is 0.118 e. The van der Waals surface area contributed by atoms with E-state index < -0.39 is 0 Å². The van der Waals surface area contributed by atoms with E-state index in [-0.39, 0.29) is 11.8 Å². The minimum Gasteiger partial charge on any atom is -0.508 e. The molecule has 0 amide bonds. The fourth-order valence-electron chi connectivity index (χ4n) is 0.960. The summed E-state index contributed by atoms with van der Waals surface area (Å²) in [5.74, 6) is 0.551. The van der Waals surface area contributed by atoms with Crippen LogP contribution < -0.4 is 5.73 Å². The molecular formula is C9H14N2O. The molecule has 0 bridgehead atoms. The molecule has 0 unspecified atom stereocenters. The number of pyridine rings is 1. The van der Waals surface area contributed by atoms with E-state index in [9.17, 15) is 0 Å². The van der Waals surface area contributed by atoms with Crippen LogP contribution in [0.15, 0.2) is 18.3 Å². The number of hydrogen-bond acceptors (Lipinski definition) is 3. The molecule has 1 heterocycles. The van der Waals surface area contributed by atoms with Crippen LogP contribution in [0.25, 0.3) is 0 Å². The lowest BCUT2D eigenvalue weighted by atomic mass is 10.0. The van der Waals surface area contributed by atoms with E-state index in [0.717, 1.165) is 5.69 Å². The number of rotatable bonds is 2. The first-order valence-corrected chi connectivity index (χ1v) is 4.01. The number of nitrogens with zero attached hydrogens (tertiary/aromatic N) is 1. The van der Waals surface area contributed by atoms with Gasteiger partial charge in [-0.3, -0.25) is 4.98 Å². The van der Waals surface area contributed by atoms with Crippen molar-refractivity contribution in [2.45, 2.75) is 19.9 Å². The average molecular weight is 166 g/mol. The fourth-order valence-corrected chi connectivity index (χ4v) is 0.960. The van der Waals surface area contributed by atoms with Crippen molar-refractivity contribution in [1.82, 2.24) is 4.98 Å². The van der Waals surface area contributed by atoms with Crippen molar-refractivity contribution in [3.8, 4) is 5.75 Å². The maximum atomic E-state index is 9.15. The predicted molar refractivity (Wildman–Crippen MR) is 47.7 cm³/mol. The Hall–Kier alpha value is -1.09. The topological polar surface area (TPSA) is 59.1 Å². The third-order valence-electron chi connectivity index (χ3n) is 1.82. The van der Waals surface area contributed by atoms with Gasteiger partial charge >= 0.3 is 0 Å². The Labute approximate surface area is 72.2 Å². The van der Waals surface area contributed by atoms with Crippen molar-refractivity contribution >= 4 is 0 Å². The van der Waals surface area contributed by atoms with Crippen LogP contribution >= 0.6 is 0 Å². The second-order valence-corrected chi connectivity index (χ2v) is 3.21. The van der Waals surface area contributed by atoms with Gasteiger partial charge in [0.25, 0.3) is 0 Å². The average Bonchev–Trinajstić information content (AvgIpc) is 2.03. The largest absolute Gasteiger partial charge is 0.508 e. The molecule has 1 atom stereocenters. The summed E-state index contributed by atoms with van der Waals surface area (Å²) in [4.78, 5) is 4.08. The highest BCUT2D eigenvalue weighted by Gasteiger charge is 2.11. The maximum absolute atomic E-state index is 9.15. The maximum Gasteiger partial charge on any atom is 0.118 e. The highest BCUT2D eigenvalue weighted by atomic mass is 16.3. The van der Waals surface area contributed by atoms with Crippen molar-refractivity contribution in [2.24, 2.45) is 11.7 Å². The molecule has 1 aromatic rings. The first-order chi connectivity index (χ1) is 5.61. The Morgan fingerprint density at radius 1 is 1.50 bits per heavy atom. The molecule has 3 nitrogen and oxygen atoms in total. The molecule has 3 heteroatoms. The molecule has 0 aliphatic rings. The van der Waals surface area contributed by atoms with Gasteiger partial charge in [0.2, 0.25) is 0 Å². The highest BCUT2D eigenvalue weighted by Crippen LogP contribution is 2.19. The van der Waals surface area contributed by atoms with Crippen molar-refractivity contribution in [2.75, 3.05) is 0 Å². The van der Waals surface area contributed by atoms with Gasteiger partial charge in [-0.2, -0.15) is 0 Å². The van der Waals surface area contributed by atoms with Crippen LogP contribution in [0, 0.1) is 5.92 Å². The summed E-state index contributed by atoms with van der Waals surface area (Å²) in [6.07, 6.45) is 1.56. The van der Waals surface area contributed by atoms with E-state index in [0.29, 0.717) is 5.92 Å². The number of aromatic hydroxyl groups is 1. The van der Waals surface area contributed by atoms with Gasteiger partial charge < -0.3 is 10.8 Å². The summed E-state index contributed by atoms with van der Waals surface area (Å²) < 4.78 is 0. The number of hydrogen-bond donors (Lipinski definition) is 2. The monoisotopic (exact) mass is 166 g/mol. The quantitative estimate of drug-likeness (QED) is 0.699. The SMILES string of the molecule is CC(C)[C@H](N)c1cc(O)ccn1. The Morgan fingerprint density at radius 2 is 2.17 bits per heavy atom. The molecule has 0 radical (unpaired) electrons. The molecule has 0 saturated heterocycles. The van der Waals surface area contributed by atoms with E-state index in [1.54, 1.807) is 12.3 Å². The molecule has 0 saturated carbocycles. The van der Waals surface area contributed by atoms with E-state index in [2.05, 4.69) is 4.98 Å². The molecule has 0 aliphatic carbocycles. The summed E-state index contributed by atoms with van der Waals surface area (Å²) in [5.41, 5.74) is 6.57. The predicted octanol–water partition coefficient (Wildman–Crippen LogP) is 1.44. The summed E-state index contributed by atoms with van der Waals surface area (Å²) in [6, 6.07) is 3.04. The van der Waals surface area contributed by atoms with E-state index in [1.807, 2.05) is 13.8 Å². The van der Waals surface area contributed by atoms with Crippen LogP contribution in [0.2, 0.25) is 0 Å². The van der Waals surface area contributed by atoms with E-state index >= 15 is 0 Å². The van der Waals surface area contributed by atoms with Gasteiger partial charge in [0, 0.05) is 18.3 Å². The van der Waals surface area contributed by atoms with Gasteiger partial charge in [-0.05, 0) is 12.0 Å². The molecule has 1 rings (SSSR count). The van der Waals surface area contributed by atoms with Crippen molar-refractivity contribution < 1.29 is 5.11 Å². The van der Waals surface area contributed by atoms with Crippen molar-refractivity contribution in [3.63, 3.8) is 0 Å². The Morgan fingerprint density at radius 3 is 2.67 bits per heavy atom. The molecule has 66 valence electrons. The molecule has 0 aromatic carbocycles. The third-order valence-corrected chi connectivity index (χ3v) is 1.82. The van der Waals surface area contributed by atoms with Crippen molar-refractivity contribution in [3.05, 3.63) is 24.0 Å². The van der Waals surface area contributed by atoms with Gasteiger partial charge in [-0.15, -0.1) is 0 Å². The van der Waals surface area contributed by atoms with Gasteiger partial charge in [-0.25, -0.2) is 0 Å². The molecular weight excluding hydrogens is 152 g/mol. The lowest BCUT2D eigenvalue weighted by molar-refractivity contribution is 0.464. The van der Waals surface area contributed by atoms with Crippen LogP contribution in [-0.2, 0) is 0 Å². The second kappa shape index (κ2) is 3.54. The molecule has 1 aromatic heterocycles. The Bertz CT molecular complexity index is 260. The van der Waals surface area contributed by atoms with Crippen LogP contribution in [0.1, 0.15) is 25.6 Å².